The van der Waals surface area contributed by atoms with Gasteiger partial charge >= 0.3 is 0 Å². The Morgan fingerprint density at radius 3 is 2.48 bits per heavy atom. The van der Waals surface area contributed by atoms with Crippen LogP contribution in [0.15, 0.2) is 45.8 Å². The zero-order valence-corrected chi connectivity index (χ0v) is 18.8. The molecule has 0 heterocycles. The summed E-state index contributed by atoms with van der Waals surface area (Å²) in [6.45, 7) is 5.69. The normalized spacial score (nSPS) is 11.3. The van der Waals surface area contributed by atoms with Crippen LogP contribution in [0.3, 0.4) is 0 Å². The van der Waals surface area contributed by atoms with Gasteiger partial charge in [0.05, 0.1) is 10.5 Å². The lowest BCUT2D eigenvalue weighted by molar-refractivity contribution is -0.118. The van der Waals surface area contributed by atoms with Gasteiger partial charge in [-0.15, -0.1) is 0 Å². The molecular weight excluding hydrogens is 460 g/mol. The molecule has 29 heavy (non-hydrogen) atoms. The molecule has 0 bridgehead atoms. The monoisotopic (exact) mass is 482 g/mol. The van der Waals surface area contributed by atoms with Gasteiger partial charge in [0.25, 0.3) is 5.91 Å². The molecular formula is C20H23BrN2O5S. The van der Waals surface area contributed by atoms with Crippen molar-refractivity contribution in [2.24, 2.45) is 0 Å². The Morgan fingerprint density at radius 2 is 1.86 bits per heavy atom. The second kappa shape index (κ2) is 10.00. The minimum Gasteiger partial charge on any atom is -0.483 e. The van der Waals surface area contributed by atoms with Crippen LogP contribution in [0, 0.1) is 6.92 Å². The number of aldehydes is 1. The smallest absolute Gasteiger partial charge is 0.262 e. The lowest BCUT2D eigenvalue weighted by Crippen LogP contribution is -2.30. The molecule has 0 aliphatic carbocycles. The minimum absolute atomic E-state index is 0.110. The van der Waals surface area contributed by atoms with E-state index in [1.54, 1.807) is 45.0 Å². The number of nitrogens with one attached hydrogen (secondary N) is 1. The molecule has 2 aromatic carbocycles. The SMILES string of the molecule is CCN(CC)S(=O)(=O)c1ccc(C)c(NC(=O)COc2ccc(Br)cc2C=O)c1. The van der Waals surface area contributed by atoms with E-state index in [2.05, 4.69) is 21.2 Å². The van der Waals surface area contributed by atoms with Crippen LogP contribution in [0.5, 0.6) is 5.75 Å². The van der Waals surface area contributed by atoms with Crippen LogP contribution < -0.4 is 10.1 Å². The third-order valence-corrected chi connectivity index (χ3v) is 6.82. The van der Waals surface area contributed by atoms with Crippen molar-refractivity contribution in [1.82, 2.24) is 4.31 Å². The van der Waals surface area contributed by atoms with Crippen molar-refractivity contribution >= 4 is 43.8 Å². The molecule has 0 fully saturated rings. The fourth-order valence-electron chi connectivity index (χ4n) is 2.68. The van der Waals surface area contributed by atoms with E-state index < -0.39 is 15.9 Å². The molecule has 0 aliphatic heterocycles. The molecule has 0 spiro atoms. The van der Waals surface area contributed by atoms with E-state index in [0.717, 1.165) is 4.47 Å². The van der Waals surface area contributed by atoms with Gasteiger partial charge in [0.1, 0.15) is 5.75 Å². The maximum atomic E-state index is 12.7. The fourth-order valence-corrected chi connectivity index (χ4v) is 4.54. The highest BCUT2D eigenvalue weighted by Crippen LogP contribution is 2.24. The molecule has 156 valence electrons. The number of anilines is 1. The zero-order chi connectivity index (χ0) is 21.6. The van der Waals surface area contributed by atoms with Crippen LogP contribution in [-0.2, 0) is 14.8 Å². The van der Waals surface area contributed by atoms with Gasteiger partial charge < -0.3 is 10.1 Å². The number of aryl methyl sites for hydroxylation is 1. The van der Waals surface area contributed by atoms with Gasteiger partial charge in [0.15, 0.2) is 12.9 Å². The van der Waals surface area contributed by atoms with E-state index in [9.17, 15) is 18.0 Å². The predicted molar refractivity (Wildman–Crippen MR) is 115 cm³/mol. The number of amides is 1. The van der Waals surface area contributed by atoms with Crippen molar-refractivity contribution in [2.75, 3.05) is 25.0 Å². The molecule has 9 heteroatoms. The van der Waals surface area contributed by atoms with Crippen LogP contribution in [0.2, 0.25) is 0 Å². The number of sulfonamides is 1. The van der Waals surface area contributed by atoms with E-state index in [1.807, 2.05) is 0 Å². The van der Waals surface area contributed by atoms with E-state index in [1.165, 1.54) is 16.4 Å². The molecule has 1 N–H and O–H groups in total. The highest BCUT2D eigenvalue weighted by Gasteiger charge is 2.22. The standard InChI is InChI=1S/C20H23BrN2O5S/c1-4-23(5-2)29(26,27)17-8-6-14(3)18(11-17)22-20(25)13-28-19-9-7-16(21)10-15(19)12-24/h6-12H,4-5,13H2,1-3H3,(H,22,25). The van der Waals surface area contributed by atoms with Crippen molar-refractivity contribution in [3.63, 3.8) is 0 Å². The van der Waals surface area contributed by atoms with Gasteiger partial charge in [0.2, 0.25) is 10.0 Å². The average Bonchev–Trinajstić information content (AvgIpc) is 2.69. The number of nitrogens with zero attached hydrogens (tertiary/aromatic N) is 1. The van der Waals surface area contributed by atoms with Gasteiger partial charge in [-0.2, -0.15) is 4.31 Å². The van der Waals surface area contributed by atoms with Crippen molar-refractivity contribution in [2.45, 2.75) is 25.7 Å². The summed E-state index contributed by atoms with van der Waals surface area (Å²) in [5, 5.41) is 2.67. The molecule has 0 aliphatic rings. The third-order valence-electron chi connectivity index (χ3n) is 4.28. The van der Waals surface area contributed by atoms with Crippen molar-refractivity contribution in [3.05, 3.63) is 52.0 Å². The number of benzene rings is 2. The number of carbonyl (C=O) groups is 2. The predicted octanol–water partition coefficient (Wildman–Crippen LogP) is 3.62. The lowest BCUT2D eigenvalue weighted by Gasteiger charge is -2.19. The molecule has 2 aromatic rings. The number of hydrogen-bond donors (Lipinski definition) is 1. The maximum Gasteiger partial charge on any atom is 0.262 e. The van der Waals surface area contributed by atoms with Crippen molar-refractivity contribution in [1.29, 1.82) is 0 Å². The summed E-state index contributed by atoms with van der Waals surface area (Å²) in [7, 11) is -3.64. The lowest BCUT2D eigenvalue weighted by atomic mass is 10.2. The first-order valence-electron chi connectivity index (χ1n) is 9.01. The summed E-state index contributed by atoms with van der Waals surface area (Å²) in [5.41, 5.74) is 1.42. The number of ether oxygens (including phenoxy) is 1. The Kier molecular flexibility index (Phi) is 7.95. The largest absolute Gasteiger partial charge is 0.483 e. The Morgan fingerprint density at radius 1 is 1.17 bits per heavy atom. The number of halogens is 1. The fraction of sp³-hybridized carbons (Fsp3) is 0.300. The van der Waals surface area contributed by atoms with Crippen LogP contribution >= 0.6 is 15.9 Å². The summed E-state index contributed by atoms with van der Waals surface area (Å²) < 4.78 is 32.9. The third kappa shape index (κ3) is 5.65. The quantitative estimate of drug-likeness (QED) is 0.550. The molecule has 0 radical (unpaired) electrons. The Bertz CT molecular complexity index is 1000. The maximum absolute atomic E-state index is 12.7. The van der Waals surface area contributed by atoms with Crippen LogP contribution in [0.25, 0.3) is 0 Å². The number of carbonyl (C=O) groups excluding carboxylic acids is 2. The summed E-state index contributed by atoms with van der Waals surface area (Å²) in [5.74, 6) is -0.182. The van der Waals surface area contributed by atoms with Gasteiger partial charge in [-0.25, -0.2) is 8.42 Å². The summed E-state index contributed by atoms with van der Waals surface area (Å²) >= 11 is 3.27. The topological polar surface area (TPSA) is 92.8 Å². The number of rotatable bonds is 9. The first-order chi connectivity index (χ1) is 13.7. The molecule has 0 aromatic heterocycles. The van der Waals surface area contributed by atoms with E-state index in [-0.39, 0.29) is 17.3 Å². The molecule has 0 saturated heterocycles. The highest BCUT2D eigenvalue weighted by molar-refractivity contribution is 9.10. The molecule has 7 nitrogen and oxygen atoms in total. The van der Waals surface area contributed by atoms with E-state index >= 15 is 0 Å². The van der Waals surface area contributed by atoms with E-state index in [0.29, 0.717) is 36.2 Å². The number of hydrogen-bond acceptors (Lipinski definition) is 5. The van der Waals surface area contributed by atoms with Crippen LogP contribution in [0.4, 0.5) is 5.69 Å². The Balaban J connectivity index is 2.15. The van der Waals surface area contributed by atoms with Gasteiger partial charge in [0, 0.05) is 23.2 Å². The molecule has 0 unspecified atom stereocenters. The molecule has 1 amide bonds. The molecule has 2 rings (SSSR count). The molecule has 0 saturated carbocycles. The Labute approximate surface area is 179 Å². The van der Waals surface area contributed by atoms with Crippen molar-refractivity contribution < 1.29 is 22.7 Å². The van der Waals surface area contributed by atoms with Crippen molar-refractivity contribution in [3.8, 4) is 5.75 Å². The van der Waals surface area contributed by atoms with Gasteiger partial charge in [-0.1, -0.05) is 35.8 Å². The van der Waals surface area contributed by atoms with Crippen LogP contribution in [0.1, 0.15) is 29.8 Å². The minimum atomic E-state index is -3.64. The second-order valence-corrected chi connectivity index (χ2v) is 9.06. The van der Waals surface area contributed by atoms with Crippen LogP contribution in [-0.4, -0.2) is 44.6 Å². The average molecular weight is 483 g/mol. The highest BCUT2D eigenvalue weighted by atomic mass is 79.9. The Hall–Kier alpha value is -2.23. The first-order valence-corrected chi connectivity index (χ1v) is 11.2. The summed E-state index contributed by atoms with van der Waals surface area (Å²) in [6, 6.07) is 9.48. The van der Waals surface area contributed by atoms with Gasteiger partial charge in [-0.3, -0.25) is 9.59 Å². The van der Waals surface area contributed by atoms with Gasteiger partial charge in [-0.05, 0) is 42.8 Å². The first kappa shape index (κ1) is 23.1. The van der Waals surface area contributed by atoms with E-state index in [4.69, 9.17) is 4.74 Å². The molecule has 0 atom stereocenters. The summed E-state index contributed by atoms with van der Waals surface area (Å²) in [4.78, 5) is 23.6. The summed E-state index contributed by atoms with van der Waals surface area (Å²) in [6.07, 6.45) is 0.643. The zero-order valence-electron chi connectivity index (χ0n) is 16.4. The second-order valence-electron chi connectivity index (χ2n) is 6.20.